The molecule has 2 rings (SSSR count). The van der Waals surface area contributed by atoms with Crippen LogP contribution in [0.2, 0.25) is 0 Å². The van der Waals surface area contributed by atoms with Crippen LogP contribution in [-0.2, 0) is 6.54 Å². The number of nitrogens with zero attached hydrogens (tertiary/aromatic N) is 5. The first kappa shape index (κ1) is 12.1. The Morgan fingerprint density at radius 2 is 2.17 bits per heavy atom. The molecule has 10 heteroatoms. The number of aromatic carboxylic acids is 1. The molecule has 18 heavy (non-hydrogen) atoms. The molecule has 0 aliphatic heterocycles. The lowest BCUT2D eigenvalue weighted by atomic mass is 10.3. The fraction of sp³-hybridized carbons (Fsp3) is 0.375. The smallest absolute Gasteiger partial charge is 0.358 e. The fourth-order valence-corrected chi connectivity index (χ4v) is 1.34. The van der Waals surface area contributed by atoms with E-state index >= 15 is 0 Å². The molecule has 0 unspecified atom stereocenters. The Kier molecular flexibility index (Phi) is 3.00. The lowest BCUT2D eigenvalue weighted by Gasteiger charge is -2.02. The number of carbonyl (C=O) groups is 1. The molecular formula is C8H7F2N5O3. The van der Waals surface area contributed by atoms with Crippen LogP contribution < -0.4 is 0 Å². The first-order valence-corrected chi connectivity index (χ1v) is 4.73. The van der Waals surface area contributed by atoms with Crippen LogP contribution in [-0.4, -0.2) is 36.3 Å². The number of carboxylic acid groups (broad SMARTS) is 1. The number of hydrogen-bond donors (Lipinski definition) is 1. The molecule has 0 atom stereocenters. The molecule has 0 spiro atoms. The fourth-order valence-electron chi connectivity index (χ4n) is 1.34. The van der Waals surface area contributed by atoms with Crippen molar-refractivity contribution in [2.45, 2.75) is 19.9 Å². The van der Waals surface area contributed by atoms with E-state index in [-0.39, 0.29) is 18.3 Å². The number of alkyl halides is 2. The van der Waals surface area contributed by atoms with Gasteiger partial charge in [0.05, 0.1) is 0 Å². The Bertz CT molecular complexity index is 579. The molecule has 0 fully saturated rings. The van der Waals surface area contributed by atoms with Crippen LogP contribution in [0.4, 0.5) is 8.78 Å². The van der Waals surface area contributed by atoms with Crippen molar-refractivity contribution in [3.05, 3.63) is 23.2 Å². The first-order valence-electron chi connectivity index (χ1n) is 4.73. The second-order valence-corrected chi connectivity index (χ2v) is 3.30. The zero-order valence-corrected chi connectivity index (χ0v) is 9.04. The van der Waals surface area contributed by atoms with Gasteiger partial charge < -0.3 is 9.52 Å². The van der Waals surface area contributed by atoms with Crippen molar-refractivity contribution < 1.29 is 23.1 Å². The van der Waals surface area contributed by atoms with Crippen LogP contribution in [0.1, 0.15) is 34.4 Å². The monoisotopic (exact) mass is 259 g/mol. The minimum Gasteiger partial charge on any atom is -0.476 e. The quantitative estimate of drug-likeness (QED) is 0.858. The normalized spacial score (nSPS) is 11.1. The number of hydrogen-bond acceptors (Lipinski definition) is 6. The molecule has 8 nitrogen and oxygen atoms in total. The van der Waals surface area contributed by atoms with Crippen LogP contribution in [0.25, 0.3) is 0 Å². The largest absolute Gasteiger partial charge is 0.476 e. The van der Waals surface area contributed by atoms with Gasteiger partial charge >= 0.3 is 5.97 Å². The molecule has 2 aromatic heterocycles. The van der Waals surface area contributed by atoms with Crippen molar-refractivity contribution in [3.8, 4) is 0 Å². The molecule has 96 valence electrons. The minimum absolute atomic E-state index is 0.0382. The van der Waals surface area contributed by atoms with Gasteiger partial charge in [0.1, 0.15) is 12.2 Å². The summed E-state index contributed by atoms with van der Waals surface area (Å²) in [7, 11) is 0. The van der Waals surface area contributed by atoms with E-state index in [4.69, 9.17) is 9.52 Å². The maximum atomic E-state index is 12.8. The summed E-state index contributed by atoms with van der Waals surface area (Å²) in [5, 5.41) is 22.3. The van der Waals surface area contributed by atoms with Gasteiger partial charge in [-0.1, -0.05) is 5.21 Å². The molecular weight excluding hydrogens is 252 g/mol. The number of halogens is 2. The Balaban J connectivity index is 2.36. The van der Waals surface area contributed by atoms with Gasteiger partial charge in [0.2, 0.25) is 11.8 Å². The first-order chi connectivity index (χ1) is 8.49. The summed E-state index contributed by atoms with van der Waals surface area (Å²) >= 11 is 0. The van der Waals surface area contributed by atoms with Crippen molar-refractivity contribution in [1.29, 1.82) is 0 Å². The molecule has 0 saturated carbocycles. The van der Waals surface area contributed by atoms with Crippen molar-refractivity contribution in [2.75, 3.05) is 0 Å². The molecule has 0 aromatic carbocycles. The Morgan fingerprint density at radius 3 is 2.67 bits per heavy atom. The molecule has 0 aliphatic rings. The zero-order valence-electron chi connectivity index (χ0n) is 9.04. The SMILES string of the molecule is Cc1nnc(Cn2nnc(C(=O)O)c2C(F)F)o1. The third-order valence-electron chi connectivity index (χ3n) is 2.04. The number of carboxylic acids is 1. The maximum absolute atomic E-state index is 12.8. The molecule has 2 heterocycles. The van der Waals surface area contributed by atoms with E-state index in [1.807, 2.05) is 0 Å². The third-order valence-corrected chi connectivity index (χ3v) is 2.04. The van der Waals surface area contributed by atoms with Crippen molar-refractivity contribution >= 4 is 5.97 Å². The highest BCUT2D eigenvalue weighted by atomic mass is 19.3. The van der Waals surface area contributed by atoms with E-state index in [1.165, 1.54) is 6.92 Å². The average molecular weight is 259 g/mol. The summed E-state index contributed by atoms with van der Waals surface area (Å²) in [5.74, 6) is -1.27. The van der Waals surface area contributed by atoms with Gasteiger partial charge in [0, 0.05) is 6.92 Å². The highest BCUT2D eigenvalue weighted by Gasteiger charge is 2.27. The van der Waals surface area contributed by atoms with Gasteiger partial charge in [-0.25, -0.2) is 18.3 Å². The molecule has 0 bridgehead atoms. The second-order valence-electron chi connectivity index (χ2n) is 3.30. The van der Waals surface area contributed by atoms with Gasteiger partial charge in [0.25, 0.3) is 6.43 Å². The number of aryl methyl sites for hydroxylation is 1. The zero-order chi connectivity index (χ0) is 13.3. The molecule has 1 N–H and O–H groups in total. The third kappa shape index (κ3) is 2.17. The van der Waals surface area contributed by atoms with E-state index in [0.717, 1.165) is 4.68 Å². The average Bonchev–Trinajstić information content (AvgIpc) is 2.85. The summed E-state index contributed by atoms with van der Waals surface area (Å²) in [6.07, 6.45) is -3.02. The second kappa shape index (κ2) is 4.47. The summed E-state index contributed by atoms with van der Waals surface area (Å²) in [6, 6.07) is 0. The summed E-state index contributed by atoms with van der Waals surface area (Å²) in [4.78, 5) is 10.7. The van der Waals surface area contributed by atoms with Gasteiger partial charge in [-0.15, -0.1) is 15.3 Å². The summed E-state index contributed by atoms with van der Waals surface area (Å²) in [5.41, 5.74) is -1.58. The predicted molar refractivity (Wildman–Crippen MR) is 50.1 cm³/mol. The van der Waals surface area contributed by atoms with Crippen LogP contribution in [0, 0.1) is 6.92 Å². The van der Waals surface area contributed by atoms with Gasteiger partial charge in [-0.05, 0) is 0 Å². The van der Waals surface area contributed by atoms with Crippen molar-refractivity contribution in [1.82, 2.24) is 25.2 Å². The number of rotatable bonds is 4. The number of aromatic nitrogens is 5. The molecule has 2 aromatic rings. The lowest BCUT2D eigenvalue weighted by molar-refractivity contribution is 0.0675. The molecule has 0 saturated heterocycles. The van der Waals surface area contributed by atoms with Crippen molar-refractivity contribution in [2.24, 2.45) is 0 Å². The Hall–Kier alpha value is -2.39. The predicted octanol–water partition coefficient (Wildman–Crippen LogP) is 0.654. The maximum Gasteiger partial charge on any atom is 0.358 e. The van der Waals surface area contributed by atoms with E-state index in [0.29, 0.717) is 0 Å². The molecule has 0 radical (unpaired) electrons. The topological polar surface area (TPSA) is 107 Å². The standard InChI is InChI=1S/C8H7F2N5O3/c1-3-11-12-4(18-3)2-15-6(7(9)10)5(8(16)17)13-14-15/h7H,2H2,1H3,(H,16,17). The van der Waals surface area contributed by atoms with Crippen LogP contribution in [0.5, 0.6) is 0 Å². The van der Waals surface area contributed by atoms with Gasteiger partial charge in [0.15, 0.2) is 5.69 Å². The van der Waals surface area contributed by atoms with Crippen molar-refractivity contribution in [3.63, 3.8) is 0 Å². The molecule has 0 aliphatic carbocycles. The van der Waals surface area contributed by atoms with E-state index in [9.17, 15) is 13.6 Å². The highest BCUT2D eigenvalue weighted by molar-refractivity contribution is 5.86. The van der Waals surface area contributed by atoms with Crippen LogP contribution in [0.3, 0.4) is 0 Å². The highest BCUT2D eigenvalue weighted by Crippen LogP contribution is 2.22. The van der Waals surface area contributed by atoms with Crippen LogP contribution >= 0.6 is 0 Å². The lowest BCUT2D eigenvalue weighted by Crippen LogP contribution is -2.10. The van der Waals surface area contributed by atoms with Crippen LogP contribution in [0.15, 0.2) is 4.42 Å². The molecule has 0 amide bonds. The van der Waals surface area contributed by atoms with Gasteiger partial charge in [-0.2, -0.15) is 0 Å². The summed E-state index contributed by atoms with van der Waals surface area (Å²) in [6.45, 7) is 1.27. The van der Waals surface area contributed by atoms with Gasteiger partial charge in [-0.3, -0.25) is 0 Å². The Labute approximate surface area is 98.2 Å². The van der Waals surface area contributed by atoms with E-state index in [2.05, 4.69) is 20.5 Å². The van der Waals surface area contributed by atoms with E-state index < -0.39 is 23.8 Å². The Morgan fingerprint density at radius 1 is 1.44 bits per heavy atom. The minimum atomic E-state index is -3.02. The van der Waals surface area contributed by atoms with E-state index in [1.54, 1.807) is 0 Å². The summed E-state index contributed by atoms with van der Waals surface area (Å²) < 4.78 is 31.2.